The van der Waals surface area contributed by atoms with Crippen molar-refractivity contribution in [1.82, 2.24) is 34.1 Å². The summed E-state index contributed by atoms with van der Waals surface area (Å²) in [4.78, 5) is 22.8. The third-order valence-corrected chi connectivity index (χ3v) is 10.0. The Morgan fingerprint density at radius 3 is 2.44 bits per heavy atom. The molecule has 4 heterocycles. The van der Waals surface area contributed by atoms with Crippen molar-refractivity contribution in [2.45, 2.75) is 49.6 Å². The Hall–Kier alpha value is -2.46. The van der Waals surface area contributed by atoms with E-state index in [0.717, 1.165) is 12.8 Å². The van der Waals surface area contributed by atoms with Gasteiger partial charge in [-0.25, -0.2) is 26.9 Å². The fourth-order valence-corrected chi connectivity index (χ4v) is 6.84. The number of nitrogens with zero attached hydrogens (tertiary/aromatic N) is 7. The van der Waals surface area contributed by atoms with Gasteiger partial charge in [0.15, 0.2) is 21.0 Å². The van der Waals surface area contributed by atoms with Crippen molar-refractivity contribution in [1.29, 1.82) is 0 Å². The van der Waals surface area contributed by atoms with Crippen molar-refractivity contribution in [3.63, 3.8) is 0 Å². The number of carbonyl (C=O) groups is 1. The second kappa shape index (κ2) is 10.2. The third-order valence-electron chi connectivity index (χ3n) is 7.22. The maximum absolute atomic E-state index is 13.4. The molecule has 1 N–H and O–H groups in total. The fraction of sp³-hybridized carbons (Fsp3) is 0.565. The predicted molar refractivity (Wildman–Crippen MR) is 144 cm³/mol. The lowest BCUT2D eigenvalue weighted by molar-refractivity contribution is -0.135. The number of fused-ring (bicyclic) bond motifs is 1. The molecule has 0 bridgehead atoms. The number of amides is 1. The molecule has 3 aromatic heterocycles. The summed E-state index contributed by atoms with van der Waals surface area (Å²) in [6, 6.07) is 1.27. The number of carbonyl (C=O) groups excluding carboxylic acids is 1. The summed E-state index contributed by atoms with van der Waals surface area (Å²) in [5.74, 6) is 0.128. The topological polar surface area (TPSA) is 116 Å². The number of aromatic nitrogens is 4. The van der Waals surface area contributed by atoms with Gasteiger partial charge in [0.05, 0.1) is 11.7 Å². The highest BCUT2D eigenvalue weighted by molar-refractivity contribution is 7.89. The molecule has 2 fully saturated rings. The number of halogens is 3. The SMILES string of the molecule is CC(C(=O)N1CCN(c2cc(S(=O)(=O)NC3(C)CC3)cn3c(-c4nnc(C(F)F)s4)nc(Cl)c23)CC1)N(C)C. The second-order valence-electron chi connectivity index (χ2n) is 10.4. The Kier molecular flexibility index (Phi) is 7.33. The molecule has 1 aliphatic carbocycles. The molecule has 1 saturated carbocycles. The average Bonchev–Trinajstić information content (AvgIpc) is 3.27. The first kappa shape index (κ1) is 28.1. The summed E-state index contributed by atoms with van der Waals surface area (Å²) >= 11 is 7.24. The number of hydrogen-bond donors (Lipinski definition) is 1. The van der Waals surface area contributed by atoms with Gasteiger partial charge in [0, 0.05) is 37.9 Å². The summed E-state index contributed by atoms with van der Waals surface area (Å²) in [6.45, 7) is 5.41. The summed E-state index contributed by atoms with van der Waals surface area (Å²) in [6.07, 6.45) is 0.0309. The Labute approximate surface area is 233 Å². The van der Waals surface area contributed by atoms with Crippen LogP contribution in [-0.4, -0.2) is 95.6 Å². The fourth-order valence-electron chi connectivity index (χ4n) is 4.41. The minimum absolute atomic E-state index is 0.0128. The van der Waals surface area contributed by atoms with Crippen LogP contribution in [0.25, 0.3) is 16.3 Å². The van der Waals surface area contributed by atoms with E-state index in [1.807, 2.05) is 37.7 Å². The van der Waals surface area contributed by atoms with Crippen LogP contribution in [0.15, 0.2) is 17.2 Å². The average molecular weight is 603 g/mol. The molecule has 2 aliphatic rings. The van der Waals surface area contributed by atoms with Gasteiger partial charge in [-0.3, -0.25) is 14.1 Å². The van der Waals surface area contributed by atoms with Gasteiger partial charge in [-0.1, -0.05) is 22.9 Å². The number of likely N-dealkylation sites (N-methyl/N-ethyl adjacent to an activating group) is 1. The lowest BCUT2D eigenvalue weighted by atomic mass is 10.2. The molecule has 1 atom stereocenters. The normalized spacial score (nSPS) is 18.4. The van der Waals surface area contributed by atoms with E-state index in [2.05, 4.69) is 19.9 Å². The zero-order chi connectivity index (χ0) is 28.3. The Morgan fingerprint density at radius 1 is 1.21 bits per heavy atom. The summed E-state index contributed by atoms with van der Waals surface area (Å²) < 4.78 is 57.5. The van der Waals surface area contributed by atoms with Crippen LogP contribution < -0.4 is 9.62 Å². The molecular weight excluding hydrogens is 574 g/mol. The van der Waals surface area contributed by atoms with Crippen molar-refractivity contribution >= 4 is 50.1 Å². The predicted octanol–water partition coefficient (Wildman–Crippen LogP) is 2.87. The monoisotopic (exact) mass is 602 g/mol. The number of sulfonamides is 1. The molecule has 1 amide bonds. The Morgan fingerprint density at radius 2 is 1.87 bits per heavy atom. The molecule has 0 aromatic carbocycles. The van der Waals surface area contributed by atoms with Gasteiger partial charge in [-0.2, -0.15) is 0 Å². The van der Waals surface area contributed by atoms with E-state index in [0.29, 0.717) is 48.7 Å². The van der Waals surface area contributed by atoms with Gasteiger partial charge >= 0.3 is 0 Å². The Bertz CT molecular complexity index is 1510. The third kappa shape index (κ3) is 5.46. The second-order valence-corrected chi connectivity index (χ2v) is 13.4. The van der Waals surface area contributed by atoms with Crippen LogP contribution in [0.5, 0.6) is 0 Å². The molecule has 0 radical (unpaired) electrons. The number of alkyl halides is 2. The number of piperazine rings is 1. The molecule has 11 nitrogen and oxygen atoms in total. The first-order chi connectivity index (χ1) is 18.3. The molecule has 39 heavy (non-hydrogen) atoms. The van der Waals surface area contributed by atoms with E-state index < -0.39 is 27.0 Å². The minimum atomic E-state index is -3.94. The van der Waals surface area contributed by atoms with Gasteiger partial charge in [0.2, 0.25) is 15.9 Å². The highest BCUT2D eigenvalue weighted by Crippen LogP contribution is 2.39. The van der Waals surface area contributed by atoms with E-state index in [-0.39, 0.29) is 32.8 Å². The largest absolute Gasteiger partial charge is 0.366 e. The van der Waals surface area contributed by atoms with Crippen LogP contribution in [0.2, 0.25) is 5.15 Å². The molecule has 5 rings (SSSR count). The van der Waals surface area contributed by atoms with Crippen molar-refractivity contribution in [3.8, 4) is 10.8 Å². The Balaban J connectivity index is 1.57. The minimum Gasteiger partial charge on any atom is -0.366 e. The van der Waals surface area contributed by atoms with Crippen LogP contribution in [-0.2, 0) is 14.8 Å². The summed E-state index contributed by atoms with van der Waals surface area (Å²) in [5.41, 5.74) is 0.413. The highest BCUT2D eigenvalue weighted by Gasteiger charge is 2.42. The van der Waals surface area contributed by atoms with Crippen LogP contribution in [0.1, 0.15) is 38.1 Å². The van der Waals surface area contributed by atoms with Crippen LogP contribution in [0.3, 0.4) is 0 Å². The van der Waals surface area contributed by atoms with Crippen LogP contribution >= 0.6 is 22.9 Å². The molecule has 212 valence electrons. The molecule has 1 saturated heterocycles. The number of rotatable bonds is 8. The van der Waals surface area contributed by atoms with Crippen LogP contribution in [0, 0.1) is 0 Å². The van der Waals surface area contributed by atoms with E-state index in [1.165, 1.54) is 10.6 Å². The molecule has 1 aliphatic heterocycles. The van der Waals surface area contributed by atoms with E-state index in [1.54, 1.807) is 11.0 Å². The molecule has 16 heteroatoms. The first-order valence-corrected chi connectivity index (χ1v) is 15.0. The summed E-state index contributed by atoms with van der Waals surface area (Å²) in [7, 11) is -0.250. The molecular formula is C23H29ClF2N8O3S2. The number of hydrogen-bond acceptors (Lipinski definition) is 9. The van der Waals surface area contributed by atoms with Crippen LogP contribution in [0.4, 0.5) is 14.5 Å². The standard InChI is InChI=1S/C23H29ClF2N8O3S2/c1-13(31(3)4)22(35)33-9-7-32(8-10-33)15-11-14(39(36,37)30-23(2)5-6-23)12-34-16(15)17(24)27-19(34)21-29-28-20(38-21)18(25)26/h11-13,18,30H,5-10H2,1-4H3. The van der Waals surface area contributed by atoms with E-state index in [9.17, 15) is 22.0 Å². The lowest BCUT2D eigenvalue weighted by Gasteiger charge is -2.38. The number of anilines is 1. The van der Waals surface area contributed by atoms with Crippen molar-refractivity contribution in [2.24, 2.45) is 0 Å². The van der Waals surface area contributed by atoms with Gasteiger partial charge < -0.3 is 9.80 Å². The molecule has 1 unspecified atom stereocenters. The van der Waals surface area contributed by atoms with E-state index in [4.69, 9.17) is 11.6 Å². The number of imidazole rings is 1. The maximum Gasteiger partial charge on any atom is 0.291 e. The first-order valence-electron chi connectivity index (χ1n) is 12.4. The van der Waals surface area contributed by atoms with Crippen molar-refractivity contribution in [2.75, 3.05) is 45.2 Å². The molecule has 3 aromatic rings. The van der Waals surface area contributed by atoms with Crippen molar-refractivity contribution in [3.05, 3.63) is 22.4 Å². The zero-order valence-corrected chi connectivity index (χ0v) is 24.2. The van der Waals surface area contributed by atoms with E-state index >= 15 is 0 Å². The number of nitrogens with one attached hydrogen (secondary N) is 1. The number of pyridine rings is 1. The van der Waals surface area contributed by atoms with Gasteiger partial charge in [0.25, 0.3) is 6.43 Å². The van der Waals surface area contributed by atoms with Crippen molar-refractivity contribution < 1.29 is 22.0 Å². The van der Waals surface area contributed by atoms with Gasteiger partial charge in [-0.05, 0) is 46.9 Å². The zero-order valence-electron chi connectivity index (χ0n) is 21.9. The molecule has 0 spiro atoms. The highest BCUT2D eigenvalue weighted by atomic mass is 35.5. The quantitative estimate of drug-likeness (QED) is 0.418. The smallest absolute Gasteiger partial charge is 0.291 e. The van der Waals surface area contributed by atoms with Gasteiger partial charge in [0.1, 0.15) is 10.4 Å². The maximum atomic E-state index is 13.4. The lowest BCUT2D eigenvalue weighted by Crippen LogP contribution is -2.53. The van der Waals surface area contributed by atoms with Gasteiger partial charge in [-0.15, -0.1) is 10.2 Å². The summed E-state index contributed by atoms with van der Waals surface area (Å²) in [5, 5.41) is 7.08.